The second-order valence-electron chi connectivity index (χ2n) is 5.72. The van der Waals surface area contributed by atoms with Gasteiger partial charge in [-0.05, 0) is 17.7 Å². The maximum Gasteiger partial charge on any atom is 0.218 e. The summed E-state index contributed by atoms with van der Waals surface area (Å²) in [5.41, 5.74) is 1.38. The molecule has 1 aliphatic heterocycles. The second kappa shape index (κ2) is 7.68. The number of pyridine rings is 1. The maximum absolute atomic E-state index is 12.6. The monoisotopic (exact) mass is 419 g/mol. The van der Waals surface area contributed by atoms with Gasteiger partial charge in [-0.2, -0.15) is 4.31 Å². The predicted molar refractivity (Wildman–Crippen MR) is 102 cm³/mol. The van der Waals surface area contributed by atoms with Crippen LogP contribution in [0.15, 0.2) is 36.7 Å². The molecule has 0 amide bonds. The molecular weight excluding hydrogens is 405 g/mol. The van der Waals surface area contributed by atoms with Crippen molar-refractivity contribution in [2.75, 3.05) is 31.1 Å². The molecule has 0 radical (unpaired) electrons. The van der Waals surface area contributed by atoms with Crippen molar-refractivity contribution in [2.24, 2.45) is 0 Å². The molecule has 25 heavy (non-hydrogen) atoms. The molecule has 2 heterocycles. The SMILES string of the molecule is O=S(=O)(Cc1cccc(Cl)c1)N1CCN(c2c(Cl)cncc2Cl)CC1. The van der Waals surface area contributed by atoms with Crippen LogP contribution in [0, 0.1) is 0 Å². The fourth-order valence-electron chi connectivity index (χ4n) is 2.83. The van der Waals surface area contributed by atoms with Crippen molar-refractivity contribution in [2.45, 2.75) is 5.75 Å². The van der Waals surface area contributed by atoms with E-state index in [4.69, 9.17) is 34.8 Å². The second-order valence-corrected chi connectivity index (χ2v) is 8.94. The first kappa shape index (κ1) is 18.7. The first-order valence-electron chi connectivity index (χ1n) is 7.63. The van der Waals surface area contributed by atoms with Crippen molar-refractivity contribution in [3.63, 3.8) is 0 Å². The Bertz CT molecular complexity index is 848. The number of benzene rings is 1. The van der Waals surface area contributed by atoms with Crippen molar-refractivity contribution in [1.82, 2.24) is 9.29 Å². The summed E-state index contributed by atoms with van der Waals surface area (Å²) >= 11 is 18.3. The number of anilines is 1. The first-order chi connectivity index (χ1) is 11.9. The van der Waals surface area contributed by atoms with Crippen LogP contribution in [0.25, 0.3) is 0 Å². The average molecular weight is 421 g/mol. The third-order valence-corrected chi connectivity index (χ3v) is 6.65. The van der Waals surface area contributed by atoms with E-state index in [0.29, 0.717) is 52.5 Å². The third kappa shape index (κ3) is 4.38. The minimum atomic E-state index is -3.41. The van der Waals surface area contributed by atoms with Crippen LogP contribution in [0.2, 0.25) is 15.1 Å². The van der Waals surface area contributed by atoms with E-state index < -0.39 is 10.0 Å². The molecule has 5 nitrogen and oxygen atoms in total. The summed E-state index contributed by atoms with van der Waals surface area (Å²) in [5.74, 6) is -0.0651. The summed E-state index contributed by atoms with van der Waals surface area (Å²) in [6.45, 7) is 1.77. The van der Waals surface area contributed by atoms with Crippen molar-refractivity contribution < 1.29 is 8.42 Å². The zero-order chi connectivity index (χ0) is 18.0. The molecule has 0 aliphatic carbocycles. The molecular formula is C16H16Cl3N3O2S. The number of piperazine rings is 1. The van der Waals surface area contributed by atoms with Crippen molar-refractivity contribution in [1.29, 1.82) is 0 Å². The quantitative estimate of drug-likeness (QED) is 0.757. The maximum atomic E-state index is 12.6. The highest BCUT2D eigenvalue weighted by atomic mass is 35.5. The van der Waals surface area contributed by atoms with Gasteiger partial charge in [0, 0.05) is 43.6 Å². The molecule has 1 aromatic carbocycles. The highest BCUT2D eigenvalue weighted by Gasteiger charge is 2.28. The molecule has 134 valence electrons. The van der Waals surface area contributed by atoms with Gasteiger partial charge < -0.3 is 4.90 Å². The standard InChI is InChI=1S/C16H16Cl3N3O2S/c17-13-3-1-2-12(8-13)11-25(23,24)22-6-4-21(5-7-22)16-14(18)9-20-10-15(16)19/h1-3,8-10H,4-7,11H2. The van der Waals surface area contributed by atoms with E-state index in [-0.39, 0.29) is 5.75 Å². The van der Waals surface area contributed by atoms with Crippen molar-refractivity contribution in [3.05, 3.63) is 57.3 Å². The van der Waals surface area contributed by atoms with Gasteiger partial charge in [-0.3, -0.25) is 4.98 Å². The molecule has 0 N–H and O–H groups in total. The van der Waals surface area contributed by atoms with E-state index in [1.807, 2.05) is 4.90 Å². The normalized spacial score (nSPS) is 16.2. The van der Waals surface area contributed by atoms with Crippen LogP contribution in [-0.2, 0) is 15.8 Å². The average Bonchev–Trinajstić information content (AvgIpc) is 2.55. The smallest absolute Gasteiger partial charge is 0.218 e. The van der Waals surface area contributed by atoms with E-state index >= 15 is 0 Å². The summed E-state index contributed by atoms with van der Waals surface area (Å²) in [6, 6.07) is 6.90. The number of hydrogen-bond donors (Lipinski definition) is 0. The van der Waals surface area contributed by atoms with Crippen LogP contribution in [-0.4, -0.2) is 43.9 Å². The van der Waals surface area contributed by atoms with Gasteiger partial charge in [0.2, 0.25) is 10.0 Å². The number of nitrogens with zero attached hydrogens (tertiary/aromatic N) is 3. The molecule has 9 heteroatoms. The number of halogens is 3. The Morgan fingerprint density at radius 1 is 1.00 bits per heavy atom. The van der Waals surface area contributed by atoms with Gasteiger partial charge in [0.15, 0.2) is 0 Å². The number of aromatic nitrogens is 1. The van der Waals surface area contributed by atoms with Crippen molar-refractivity contribution in [3.8, 4) is 0 Å². The summed E-state index contributed by atoms with van der Waals surface area (Å²) in [4.78, 5) is 5.92. The number of sulfonamides is 1. The van der Waals surface area contributed by atoms with Crippen LogP contribution in [0.5, 0.6) is 0 Å². The number of hydrogen-bond acceptors (Lipinski definition) is 4. The Hall–Kier alpha value is -1.05. The molecule has 1 aliphatic rings. The Kier molecular flexibility index (Phi) is 5.75. The zero-order valence-electron chi connectivity index (χ0n) is 13.2. The van der Waals surface area contributed by atoms with Gasteiger partial charge in [0.05, 0.1) is 21.5 Å². The van der Waals surface area contributed by atoms with Gasteiger partial charge in [0.25, 0.3) is 0 Å². The van der Waals surface area contributed by atoms with Crippen LogP contribution >= 0.6 is 34.8 Å². The zero-order valence-corrected chi connectivity index (χ0v) is 16.3. The summed E-state index contributed by atoms with van der Waals surface area (Å²) < 4.78 is 26.8. The highest BCUT2D eigenvalue weighted by molar-refractivity contribution is 7.88. The van der Waals surface area contributed by atoms with Gasteiger partial charge in [-0.15, -0.1) is 0 Å². The largest absolute Gasteiger partial charge is 0.366 e. The predicted octanol–water partition coefficient (Wildman–Crippen LogP) is 3.69. The summed E-state index contributed by atoms with van der Waals surface area (Å²) in [5, 5.41) is 1.45. The van der Waals surface area contributed by atoms with Crippen LogP contribution in [0.4, 0.5) is 5.69 Å². The van der Waals surface area contributed by atoms with E-state index in [9.17, 15) is 8.42 Å². The Morgan fingerprint density at radius 2 is 1.64 bits per heavy atom. The molecule has 3 rings (SSSR count). The Labute approximate surface area is 162 Å². The molecule has 0 spiro atoms. The van der Waals surface area contributed by atoms with Gasteiger partial charge in [0.1, 0.15) is 0 Å². The van der Waals surface area contributed by atoms with E-state index in [2.05, 4.69) is 4.98 Å². The van der Waals surface area contributed by atoms with Gasteiger partial charge in [-0.25, -0.2) is 8.42 Å². The lowest BCUT2D eigenvalue weighted by Crippen LogP contribution is -2.49. The van der Waals surface area contributed by atoms with E-state index in [1.54, 1.807) is 24.3 Å². The third-order valence-electron chi connectivity index (χ3n) is 4.01. The Balaban J connectivity index is 1.69. The minimum absolute atomic E-state index is 0.0651. The lowest BCUT2D eigenvalue weighted by Gasteiger charge is -2.36. The molecule has 0 unspecified atom stereocenters. The van der Waals surface area contributed by atoms with Gasteiger partial charge in [-0.1, -0.05) is 46.9 Å². The fourth-order valence-corrected chi connectivity index (χ4v) is 5.14. The molecule has 1 aromatic heterocycles. The molecule has 0 atom stereocenters. The molecule has 0 saturated carbocycles. The van der Waals surface area contributed by atoms with Crippen LogP contribution in [0.3, 0.4) is 0 Å². The summed E-state index contributed by atoms with van der Waals surface area (Å²) in [7, 11) is -3.41. The number of rotatable bonds is 4. The lowest BCUT2D eigenvalue weighted by atomic mass is 10.2. The van der Waals surface area contributed by atoms with Gasteiger partial charge >= 0.3 is 0 Å². The Morgan fingerprint density at radius 3 is 2.24 bits per heavy atom. The van der Waals surface area contributed by atoms with Crippen LogP contribution < -0.4 is 4.90 Å². The molecule has 1 fully saturated rings. The molecule has 2 aromatic rings. The van der Waals surface area contributed by atoms with E-state index in [0.717, 1.165) is 0 Å². The first-order valence-corrected chi connectivity index (χ1v) is 10.4. The fraction of sp³-hybridized carbons (Fsp3) is 0.312. The summed E-state index contributed by atoms with van der Waals surface area (Å²) in [6.07, 6.45) is 3.07. The lowest BCUT2D eigenvalue weighted by molar-refractivity contribution is 0.384. The molecule has 0 bridgehead atoms. The highest BCUT2D eigenvalue weighted by Crippen LogP contribution is 2.33. The van der Waals surface area contributed by atoms with Crippen molar-refractivity contribution >= 4 is 50.5 Å². The van der Waals surface area contributed by atoms with Crippen LogP contribution in [0.1, 0.15) is 5.56 Å². The minimum Gasteiger partial charge on any atom is -0.366 e. The topological polar surface area (TPSA) is 53.5 Å². The van der Waals surface area contributed by atoms with E-state index in [1.165, 1.54) is 16.7 Å². The molecule has 1 saturated heterocycles.